The molecule has 6 rings (SSSR count). The number of aromatic nitrogens is 2. The number of methoxy groups -OCH3 is 1. The van der Waals surface area contributed by atoms with Crippen LogP contribution in [0, 0.1) is 17.3 Å². The highest BCUT2D eigenvalue weighted by Gasteiger charge is 2.61. The Morgan fingerprint density at radius 1 is 1.17 bits per heavy atom. The second kappa shape index (κ2) is 6.71. The molecule has 0 saturated heterocycles. The third-order valence-electron chi connectivity index (χ3n) is 7.20. The van der Waals surface area contributed by atoms with Gasteiger partial charge in [-0.1, -0.05) is 12.1 Å². The van der Waals surface area contributed by atoms with Gasteiger partial charge in [0.25, 0.3) is 5.91 Å². The highest BCUT2D eigenvalue weighted by molar-refractivity contribution is 5.95. The predicted molar refractivity (Wildman–Crippen MR) is 107 cm³/mol. The SMILES string of the molecule is COC(=O)C12C[C@H]3C[C@@H](CC(NC(=O)c4ccc(Cn5ccnc5)cc4)(C3)C1)C2. The lowest BCUT2D eigenvalue weighted by Gasteiger charge is -2.60. The summed E-state index contributed by atoms with van der Waals surface area (Å²) in [6.45, 7) is 0.733. The largest absolute Gasteiger partial charge is 0.469 e. The summed E-state index contributed by atoms with van der Waals surface area (Å²) in [5.74, 6) is 0.886. The number of amides is 1. The molecule has 4 fully saturated rings. The molecule has 4 saturated carbocycles. The number of nitrogens with one attached hydrogen (secondary N) is 1. The number of carbonyl (C=O) groups is 2. The van der Waals surface area contributed by atoms with Gasteiger partial charge in [0.1, 0.15) is 0 Å². The average molecular weight is 393 g/mol. The van der Waals surface area contributed by atoms with Crippen molar-refractivity contribution in [3.05, 3.63) is 54.1 Å². The molecule has 1 amide bonds. The Balaban J connectivity index is 1.32. The fourth-order valence-electron chi connectivity index (χ4n) is 6.53. The van der Waals surface area contributed by atoms with Gasteiger partial charge < -0.3 is 14.6 Å². The first-order chi connectivity index (χ1) is 14.0. The molecule has 0 aliphatic heterocycles. The smallest absolute Gasteiger partial charge is 0.311 e. The Morgan fingerprint density at radius 3 is 2.52 bits per heavy atom. The topological polar surface area (TPSA) is 73.2 Å². The zero-order valence-corrected chi connectivity index (χ0v) is 16.8. The normalized spacial score (nSPS) is 32.2. The molecule has 2 aromatic rings. The minimum Gasteiger partial charge on any atom is -0.469 e. The average Bonchev–Trinajstić information content (AvgIpc) is 3.19. The van der Waals surface area contributed by atoms with Gasteiger partial charge in [0, 0.05) is 30.0 Å². The van der Waals surface area contributed by atoms with Crippen LogP contribution < -0.4 is 5.32 Å². The van der Waals surface area contributed by atoms with Crippen LogP contribution in [0.15, 0.2) is 43.0 Å². The summed E-state index contributed by atoms with van der Waals surface area (Å²) in [5.41, 5.74) is 1.12. The summed E-state index contributed by atoms with van der Waals surface area (Å²) in [5, 5.41) is 3.35. The molecule has 0 unspecified atom stereocenters. The quantitative estimate of drug-likeness (QED) is 0.792. The molecule has 4 bridgehead atoms. The molecule has 0 radical (unpaired) electrons. The third-order valence-corrected chi connectivity index (χ3v) is 7.20. The van der Waals surface area contributed by atoms with Crippen molar-refractivity contribution in [3.8, 4) is 0 Å². The summed E-state index contributed by atoms with van der Waals surface area (Å²) < 4.78 is 7.16. The van der Waals surface area contributed by atoms with Crippen LogP contribution in [0.2, 0.25) is 0 Å². The standard InChI is InChI=1S/C23H27N3O3/c1-29-21(28)22-9-17-8-18(10-22)12-23(11-17,14-22)25-20(27)19-4-2-16(3-5-19)13-26-7-6-24-15-26/h2-7,15,17-18H,8-14H2,1H3,(H,25,27)/t17-,18-,22?,23?/m1/s1. The van der Waals surface area contributed by atoms with E-state index in [-0.39, 0.29) is 17.4 Å². The number of benzene rings is 1. The van der Waals surface area contributed by atoms with E-state index in [1.165, 1.54) is 13.5 Å². The van der Waals surface area contributed by atoms with Crippen LogP contribution >= 0.6 is 0 Å². The van der Waals surface area contributed by atoms with E-state index in [9.17, 15) is 9.59 Å². The van der Waals surface area contributed by atoms with Crippen molar-refractivity contribution in [2.75, 3.05) is 7.11 Å². The van der Waals surface area contributed by atoms with Crippen LogP contribution in [-0.2, 0) is 16.1 Å². The van der Waals surface area contributed by atoms with Crippen LogP contribution in [0.1, 0.15) is 54.4 Å². The summed E-state index contributed by atoms with van der Waals surface area (Å²) in [7, 11) is 1.48. The Hall–Kier alpha value is -2.63. The van der Waals surface area contributed by atoms with Gasteiger partial charge in [-0.2, -0.15) is 0 Å². The lowest BCUT2D eigenvalue weighted by molar-refractivity contribution is -0.171. The van der Waals surface area contributed by atoms with Gasteiger partial charge in [-0.25, -0.2) is 4.98 Å². The summed E-state index contributed by atoms with van der Waals surface area (Å²) in [6, 6.07) is 7.76. The number of carbonyl (C=O) groups excluding carboxylic acids is 2. The number of hydrogen-bond donors (Lipinski definition) is 1. The number of ether oxygens (including phenoxy) is 1. The number of nitrogens with zero attached hydrogens (tertiary/aromatic N) is 2. The Labute approximate surface area is 170 Å². The first-order valence-electron chi connectivity index (χ1n) is 10.4. The third kappa shape index (κ3) is 3.24. The lowest BCUT2D eigenvalue weighted by atomic mass is 9.47. The minimum atomic E-state index is -0.402. The van der Waals surface area contributed by atoms with Crippen LogP contribution in [0.4, 0.5) is 0 Å². The molecule has 1 aromatic carbocycles. The molecule has 2 atom stereocenters. The molecule has 0 spiro atoms. The maximum atomic E-state index is 13.1. The monoisotopic (exact) mass is 393 g/mol. The molecule has 4 aliphatic carbocycles. The fraction of sp³-hybridized carbons (Fsp3) is 0.522. The molecule has 6 nitrogen and oxygen atoms in total. The first-order valence-corrected chi connectivity index (χ1v) is 10.4. The lowest BCUT2D eigenvalue weighted by Crippen LogP contribution is -2.64. The van der Waals surface area contributed by atoms with E-state index in [0.29, 0.717) is 23.8 Å². The van der Waals surface area contributed by atoms with Crippen LogP contribution in [-0.4, -0.2) is 34.1 Å². The van der Waals surface area contributed by atoms with Gasteiger partial charge in [-0.05, 0) is 68.1 Å². The van der Waals surface area contributed by atoms with Crippen molar-refractivity contribution >= 4 is 11.9 Å². The highest BCUT2D eigenvalue weighted by Crippen LogP contribution is 2.62. The van der Waals surface area contributed by atoms with Gasteiger partial charge in [0.15, 0.2) is 0 Å². The van der Waals surface area contributed by atoms with E-state index in [1.807, 2.05) is 35.0 Å². The van der Waals surface area contributed by atoms with E-state index in [0.717, 1.165) is 37.8 Å². The van der Waals surface area contributed by atoms with Gasteiger partial charge in [0.05, 0.1) is 18.9 Å². The van der Waals surface area contributed by atoms with E-state index >= 15 is 0 Å². The van der Waals surface area contributed by atoms with Crippen molar-refractivity contribution in [2.24, 2.45) is 17.3 Å². The molecular weight excluding hydrogens is 366 g/mol. The van der Waals surface area contributed by atoms with E-state index in [2.05, 4.69) is 10.3 Å². The maximum absolute atomic E-state index is 13.1. The molecule has 1 N–H and O–H groups in total. The molecule has 29 heavy (non-hydrogen) atoms. The summed E-state index contributed by atoms with van der Waals surface area (Å²) in [6.07, 6.45) is 11.1. The molecule has 1 heterocycles. The molecule has 4 aliphatic rings. The number of imidazole rings is 1. The van der Waals surface area contributed by atoms with Crippen molar-refractivity contribution in [3.63, 3.8) is 0 Å². The van der Waals surface area contributed by atoms with E-state index in [1.54, 1.807) is 12.5 Å². The van der Waals surface area contributed by atoms with E-state index < -0.39 is 5.41 Å². The Morgan fingerprint density at radius 2 is 1.90 bits per heavy atom. The Kier molecular flexibility index (Phi) is 4.26. The molecule has 6 heteroatoms. The van der Waals surface area contributed by atoms with Crippen LogP contribution in [0.25, 0.3) is 0 Å². The van der Waals surface area contributed by atoms with Gasteiger partial charge in [-0.15, -0.1) is 0 Å². The predicted octanol–water partition coefficient (Wildman–Crippen LogP) is 3.17. The Bertz CT molecular complexity index is 905. The van der Waals surface area contributed by atoms with Crippen molar-refractivity contribution in [1.82, 2.24) is 14.9 Å². The van der Waals surface area contributed by atoms with Crippen molar-refractivity contribution in [1.29, 1.82) is 0 Å². The maximum Gasteiger partial charge on any atom is 0.311 e. The van der Waals surface area contributed by atoms with Gasteiger partial charge in [-0.3, -0.25) is 9.59 Å². The van der Waals surface area contributed by atoms with Crippen LogP contribution in [0.5, 0.6) is 0 Å². The number of rotatable bonds is 5. The van der Waals surface area contributed by atoms with Crippen LogP contribution in [0.3, 0.4) is 0 Å². The highest BCUT2D eigenvalue weighted by atomic mass is 16.5. The van der Waals surface area contributed by atoms with Crippen molar-refractivity contribution < 1.29 is 14.3 Å². The zero-order chi connectivity index (χ0) is 20.1. The zero-order valence-electron chi connectivity index (χ0n) is 16.8. The fourth-order valence-corrected chi connectivity index (χ4v) is 6.53. The second-order valence-electron chi connectivity index (χ2n) is 9.40. The minimum absolute atomic E-state index is 0.0406. The summed E-state index contributed by atoms with van der Waals surface area (Å²) in [4.78, 5) is 29.7. The van der Waals surface area contributed by atoms with Gasteiger partial charge in [0.2, 0.25) is 0 Å². The number of esters is 1. The summed E-state index contributed by atoms with van der Waals surface area (Å²) >= 11 is 0. The van der Waals surface area contributed by atoms with Gasteiger partial charge >= 0.3 is 5.97 Å². The first kappa shape index (κ1) is 18.4. The molecule has 1 aromatic heterocycles. The van der Waals surface area contributed by atoms with E-state index in [4.69, 9.17) is 4.74 Å². The molecular formula is C23H27N3O3. The second-order valence-corrected chi connectivity index (χ2v) is 9.40. The van der Waals surface area contributed by atoms with Crippen molar-refractivity contribution in [2.45, 2.75) is 50.6 Å². The molecule has 152 valence electrons. The number of hydrogen-bond acceptors (Lipinski definition) is 4.